The van der Waals surface area contributed by atoms with E-state index in [1.807, 2.05) is 6.07 Å². The largest absolute Gasteiger partial charge is 0.397 e. The van der Waals surface area contributed by atoms with Crippen molar-refractivity contribution >= 4 is 11.6 Å². The molecule has 1 amide bonds. The van der Waals surface area contributed by atoms with Crippen molar-refractivity contribution in [1.29, 1.82) is 0 Å². The van der Waals surface area contributed by atoms with Gasteiger partial charge in [-0.15, -0.1) is 0 Å². The number of para-hydroxylation sites is 1. The second-order valence-corrected chi connectivity index (χ2v) is 4.59. The third-order valence-electron chi connectivity index (χ3n) is 2.90. The zero-order chi connectivity index (χ0) is 15.3. The summed E-state index contributed by atoms with van der Waals surface area (Å²) in [6.45, 7) is 0.111. The first kappa shape index (κ1) is 15.1. The third-order valence-corrected chi connectivity index (χ3v) is 2.90. The van der Waals surface area contributed by atoms with Crippen molar-refractivity contribution < 1.29 is 18.0 Å². The summed E-state index contributed by atoms with van der Waals surface area (Å²) < 4.78 is 37.4. The minimum atomic E-state index is -4.51. The molecule has 0 spiro atoms. The van der Waals surface area contributed by atoms with Crippen molar-refractivity contribution in [3.05, 3.63) is 66.2 Å². The van der Waals surface area contributed by atoms with Gasteiger partial charge in [0.2, 0.25) is 5.91 Å². The Morgan fingerprint density at radius 1 is 0.905 bits per heavy atom. The number of rotatable bonds is 4. The number of benzene rings is 2. The number of alkyl halides is 3. The lowest BCUT2D eigenvalue weighted by atomic mass is 10.2. The van der Waals surface area contributed by atoms with Gasteiger partial charge in [-0.05, 0) is 17.7 Å². The lowest BCUT2D eigenvalue weighted by Gasteiger charge is -2.23. The van der Waals surface area contributed by atoms with Crippen LogP contribution in [0, 0.1) is 0 Å². The van der Waals surface area contributed by atoms with Crippen LogP contribution in [0.5, 0.6) is 0 Å². The maximum atomic E-state index is 12.5. The fraction of sp³-hybridized carbons (Fsp3) is 0.188. The molecule has 110 valence electrons. The average molecular weight is 293 g/mol. The van der Waals surface area contributed by atoms with E-state index in [4.69, 9.17) is 0 Å². The van der Waals surface area contributed by atoms with E-state index in [2.05, 4.69) is 0 Å². The second-order valence-electron chi connectivity index (χ2n) is 4.59. The van der Waals surface area contributed by atoms with E-state index in [0.717, 1.165) is 10.5 Å². The molecular formula is C16H14F3NO. The minimum Gasteiger partial charge on any atom is -0.308 e. The molecule has 0 radical (unpaired) electrons. The van der Waals surface area contributed by atoms with Gasteiger partial charge < -0.3 is 4.90 Å². The summed E-state index contributed by atoms with van der Waals surface area (Å²) >= 11 is 0. The Kier molecular flexibility index (Phi) is 4.62. The number of hydrogen-bond donors (Lipinski definition) is 0. The van der Waals surface area contributed by atoms with Crippen molar-refractivity contribution in [2.75, 3.05) is 4.90 Å². The molecule has 0 bridgehead atoms. The smallest absolute Gasteiger partial charge is 0.308 e. The van der Waals surface area contributed by atoms with Crippen LogP contribution >= 0.6 is 0 Å². The molecule has 2 nitrogen and oxygen atoms in total. The van der Waals surface area contributed by atoms with E-state index in [1.165, 1.54) is 0 Å². The molecule has 0 heterocycles. The Labute approximate surface area is 120 Å². The number of nitrogens with zero attached hydrogens (tertiary/aromatic N) is 1. The molecule has 0 aromatic heterocycles. The van der Waals surface area contributed by atoms with Crippen LogP contribution in [0.4, 0.5) is 18.9 Å². The predicted octanol–water partition coefficient (Wildman–Crippen LogP) is 4.17. The van der Waals surface area contributed by atoms with E-state index < -0.39 is 18.5 Å². The van der Waals surface area contributed by atoms with E-state index in [9.17, 15) is 18.0 Å². The van der Waals surface area contributed by atoms with Crippen LogP contribution in [-0.2, 0) is 11.3 Å². The molecule has 2 aromatic carbocycles. The Hall–Kier alpha value is -2.30. The van der Waals surface area contributed by atoms with Crippen LogP contribution in [0.25, 0.3) is 0 Å². The van der Waals surface area contributed by atoms with Gasteiger partial charge in [-0.2, -0.15) is 13.2 Å². The van der Waals surface area contributed by atoms with Crippen molar-refractivity contribution in [3.8, 4) is 0 Å². The normalized spacial score (nSPS) is 11.2. The molecule has 0 fully saturated rings. The lowest BCUT2D eigenvalue weighted by molar-refractivity contribution is -0.152. The summed E-state index contributed by atoms with van der Waals surface area (Å²) in [6, 6.07) is 17.3. The fourth-order valence-electron chi connectivity index (χ4n) is 1.96. The summed E-state index contributed by atoms with van der Waals surface area (Å²) in [5, 5.41) is 0. The SMILES string of the molecule is O=C(CC(F)(F)F)N(Cc1ccccc1)c1ccccc1. The summed E-state index contributed by atoms with van der Waals surface area (Å²) in [5.41, 5.74) is 1.23. The zero-order valence-electron chi connectivity index (χ0n) is 11.2. The van der Waals surface area contributed by atoms with Gasteiger partial charge in [0.25, 0.3) is 0 Å². The number of hydrogen-bond acceptors (Lipinski definition) is 1. The molecule has 0 saturated carbocycles. The van der Waals surface area contributed by atoms with Crippen molar-refractivity contribution in [2.45, 2.75) is 19.1 Å². The summed E-state index contributed by atoms with van der Waals surface area (Å²) in [5.74, 6) is -0.961. The molecule has 2 aromatic rings. The molecule has 0 N–H and O–H groups in total. The first-order valence-corrected chi connectivity index (χ1v) is 6.42. The van der Waals surface area contributed by atoms with E-state index in [0.29, 0.717) is 5.69 Å². The number of carbonyl (C=O) groups is 1. The molecule has 0 atom stereocenters. The van der Waals surface area contributed by atoms with Crippen LogP contribution in [0.3, 0.4) is 0 Å². The molecule has 0 aliphatic rings. The molecule has 0 aliphatic heterocycles. The zero-order valence-corrected chi connectivity index (χ0v) is 11.2. The van der Waals surface area contributed by atoms with Gasteiger partial charge in [0, 0.05) is 5.69 Å². The summed E-state index contributed by atoms with van der Waals surface area (Å²) in [7, 11) is 0. The summed E-state index contributed by atoms with van der Waals surface area (Å²) in [4.78, 5) is 13.1. The maximum Gasteiger partial charge on any atom is 0.397 e. The highest BCUT2D eigenvalue weighted by atomic mass is 19.4. The molecular weight excluding hydrogens is 279 g/mol. The van der Waals surface area contributed by atoms with Crippen LogP contribution in [-0.4, -0.2) is 12.1 Å². The maximum absolute atomic E-state index is 12.5. The molecule has 0 saturated heterocycles. The Balaban J connectivity index is 2.25. The van der Waals surface area contributed by atoms with E-state index in [1.54, 1.807) is 54.6 Å². The van der Waals surface area contributed by atoms with Gasteiger partial charge in [-0.25, -0.2) is 0 Å². The molecule has 21 heavy (non-hydrogen) atoms. The van der Waals surface area contributed by atoms with Crippen molar-refractivity contribution in [2.24, 2.45) is 0 Å². The Morgan fingerprint density at radius 3 is 1.95 bits per heavy atom. The van der Waals surface area contributed by atoms with E-state index in [-0.39, 0.29) is 6.54 Å². The predicted molar refractivity (Wildman–Crippen MR) is 74.7 cm³/mol. The second kappa shape index (κ2) is 6.43. The summed E-state index contributed by atoms with van der Waals surface area (Å²) in [6.07, 6.45) is -5.98. The Morgan fingerprint density at radius 2 is 1.43 bits per heavy atom. The standard InChI is InChI=1S/C16H14F3NO/c17-16(18,19)11-15(21)20(14-9-5-2-6-10-14)12-13-7-3-1-4-8-13/h1-10H,11-12H2. The molecule has 0 aliphatic carbocycles. The number of halogens is 3. The quantitative estimate of drug-likeness (QED) is 0.828. The van der Waals surface area contributed by atoms with Crippen LogP contribution in [0.2, 0.25) is 0 Å². The van der Waals surface area contributed by atoms with Gasteiger partial charge in [-0.3, -0.25) is 4.79 Å². The highest BCUT2D eigenvalue weighted by Gasteiger charge is 2.34. The van der Waals surface area contributed by atoms with Gasteiger partial charge in [0.05, 0.1) is 6.54 Å². The average Bonchev–Trinajstić information content (AvgIpc) is 2.45. The van der Waals surface area contributed by atoms with Gasteiger partial charge in [-0.1, -0.05) is 48.5 Å². The van der Waals surface area contributed by atoms with Gasteiger partial charge in [0.1, 0.15) is 6.42 Å². The van der Waals surface area contributed by atoms with Crippen LogP contribution in [0.15, 0.2) is 60.7 Å². The van der Waals surface area contributed by atoms with Crippen molar-refractivity contribution in [1.82, 2.24) is 0 Å². The number of carbonyl (C=O) groups excluding carboxylic acids is 1. The highest BCUT2D eigenvalue weighted by Crippen LogP contribution is 2.24. The highest BCUT2D eigenvalue weighted by molar-refractivity contribution is 5.93. The van der Waals surface area contributed by atoms with Crippen LogP contribution < -0.4 is 4.90 Å². The fourth-order valence-corrected chi connectivity index (χ4v) is 1.96. The molecule has 0 unspecified atom stereocenters. The topological polar surface area (TPSA) is 20.3 Å². The van der Waals surface area contributed by atoms with Gasteiger partial charge >= 0.3 is 6.18 Å². The molecule has 2 rings (SSSR count). The number of anilines is 1. The van der Waals surface area contributed by atoms with Gasteiger partial charge in [0.15, 0.2) is 0 Å². The lowest BCUT2D eigenvalue weighted by Crippen LogP contribution is -2.33. The third kappa shape index (κ3) is 4.63. The van der Waals surface area contributed by atoms with E-state index >= 15 is 0 Å². The monoisotopic (exact) mass is 293 g/mol. The van der Waals surface area contributed by atoms with Crippen molar-refractivity contribution in [3.63, 3.8) is 0 Å². The first-order chi connectivity index (χ1) is 9.96. The first-order valence-electron chi connectivity index (χ1n) is 6.42. The Bertz CT molecular complexity index is 581. The van der Waals surface area contributed by atoms with Crippen LogP contribution in [0.1, 0.15) is 12.0 Å². The minimum absolute atomic E-state index is 0.111. The molecule has 5 heteroatoms. The number of amides is 1.